The number of hydrogen-bond donors (Lipinski definition) is 0. The van der Waals surface area contributed by atoms with Crippen LogP contribution in [-0.2, 0) is 4.74 Å². The number of hydrogen-bond acceptors (Lipinski definition) is 3. The van der Waals surface area contributed by atoms with Crippen molar-refractivity contribution in [3.8, 4) is 6.07 Å². The van der Waals surface area contributed by atoms with Crippen molar-refractivity contribution < 1.29 is 9.53 Å². The highest BCUT2D eigenvalue weighted by molar-refractivity contribution is 6.05. The van der Waals surface area contributed by atoms with Crippen LogP contribution in [0.2, 0.25) is 0 Å². The Bertz CT molecular complexity index is 537. The van der Waals surface area contributed by atoms with Crippen LogP contribution in [0.15, 0.2) is 6.07 Å². The standard InChI is InChI=1S/C15H17NO2/c1-9-5-10(2)12(4)13(11(9)3)14(17)15(6-16)7-18-8-15/h5H,7-8H2,1-4H3. The molecule has 94 valence electrons. The summed E-state index contributed by atoms with van der Waals surface area (Å²) in [5, 5.41) is 9.24. The van der Waals surface area contributed by atoms with Gasteiger partial charge in [0.15, 0.2) is 11.2 Å². The average Bonchev–Trinajstić information content (AvgIpc) is 2.26. The summed E-state index contributed by atoms with van der Waals surface area (Å²) in [5.41, 5.74) is 3.88. The van der Waals surface area contributed by atoms with Gasteiger partial charge in [0.25, 0.3) is 0 Å². The molecule has 0 spiro atoms. The second-order valence-electron chi connectivity index (χ2n) is 5.15. The van der Waals surface area contributed by atoms with E-state index in [9.17, 15) is 10.1 Å². The van der Waals surface area contributed by atoms with Gasteiger partial charge in [-0.2, -0.15) is 5.26 Å². The lowest BCUT2D eigenvalue weighted by atomic mass is 9.76. The highest BCUT2D eigenvalue weighted by Crippen LogP contribution is 2.34. The second kappa shape index (κ2) is 4.22. The van der Waals surface area contributed by atoms with E-state index in [-0.39, 0.29) is 19.0 Å². The molecule has 1 heterocycles. The van der Waals surface area contributed by atoms with Crippen LogP contribution >= 0.6 is 0 Å². The molecular formula is C15H17NO2. The maximum Gasteiger partial charge on any atom is 0.188 e. The molecule has 3 heteroatoms. The van der Waals surface area contributed by atoms with E-state index in [1.165, 1.54) is 0 Å². The largest absolute Gasteiger partial charge is 0.377 e. The summed E-state index contributed by atoms with van der Waals surface area (Å²) in [7, 11) is 0. The van der Waals surface area contributed by atoms with Crippen LogP contribution in [0.3, 0.4) is 0 Å². The summed E-state index contributed by atoms with van der Waals surface area (Å²) >= 11 is 0. The quantitative estimate of drug-likeness (QED) is 0.750. The zero-order valence-corrected chi connectivity index (χ0v) is 11.3. The Morgan fingerprint density at radius 2 is 1.72 bits per heavy atom. The Morgan fingerprint density at radius 3 is 2.06 bits per heavy atom. The highest BCUT2D eigenvalue weighted by Gasteiger charge is 2.47. The van der Waals surface area contributed by atoms with Gasteiger partial charge in [-0.25, -0.2) is 0 Å². The van der Waals surface area contributed by atoms with Gasteiger partial charge < -0.3 is 4.74 Å². The van der Waals surface area contributed by atoms with Gasteiger partial charge >= 0.3 is 0 Å². The maximum atomic E-state index is 12.6. The molecule has 0 atom stereocenters. The third kappa shape index (κ3) is 1.65. The monoisotopic (exact) mass is 243 g/mol. The first kappa shape index (κ1) is 12.8. The van der Waals surface area contributed by atoms with Gasteiger partial charge in [-0.05, 0) is 49.9 Å². The van der Waals surface area contributed by atoms with Crippen LogP contribution in [0.5, 0.6) is 0 Å². The van der Waals surface area contributed by atoms with Gasteiger partial charge in [0.1, 0.15) is 0 Å². The molecule has 1 aliphatic heterocycles. The number of benzene rings is 1. The molecule has 0 aliphatic carbocycles. The van der Waals surface area contributed by atoms with E-state index in [1.54, 1.807) is 0 Å². The molecule has 0 unspecified atom stereocenters. The number of nitriles is 1. The molecule has 1 aliphatic rings. The third-order valence-electron chi connectivity index (χ3n) is 3.94. The minimum atomic E-state index is -0.963. The third-order valence-corrected chi connectivity index (χ3v) is 3.94. The normalized spacial score (nSPS) is 16.8. The van der Waals surface area contributed by atoms with E-state index >= 15 is 0 Å². The summed E-state index contributed by atoms with van der Waals surface area (Å²) in [6, 6.07) is 4.21. The number of ketones is 1. The van der Waals surface area contributed by atoms with Crippen LogP contribution in [0.4, 0.5) is 0 Å². The van der Waals surface area contributed by atoms with Crippen molar-refractivity contribution in [3.63, 3.8) is 0 Å². The molecule has 3 nitrogen and oxygen atoms in total. The molecule has 1 saturated heterocycles. The molecule has 0 saturated carbocycles. The zero-order valence-electron chi connectivity index (χ0n) is 11.3. The molecule has 0 amide bonds. The number of rotatable bonds is 2. The van der Waals surface area contributed by atoms with Crippen LogP contribution in [0.25, 0.3) is 0 Å². The second-order valence-corrected chi connectivity index (χ2v) is 5.15. The van der Waals surface area contributed by atoms with E-state index < -0.39 is 5.41 Å². The molecular weight excluding hydrogens is 226 g/mol. The predicted molar refractivity (Wildman–Crippen MR) is 68.6 cm³/mol. The molecule has 0 aromatic heterocycles. The fourth-order valence-corrected chi connectivity index (χ4v) is 2.35. The molecule has 2 rings (SSSR count). The van der Waals surface area contributed by atoms with E-state index in [0.717, 1.165) is 22.3 Å². The minimum absolute atomic E-state index is 0.0851. The summed E-state index contributed by atoms with van der Waals surface area (Å²) in [4.78, 5) is 12.6. The van der Waals surface area contributed by atoms with Gasteiger partial charge in [0.05, 0.1) is 19.3 Å². The smallest absolute Gasteiger partial charge is 0.188 e. The lowest BCUT2D eigenvalue weighted by molar-refractivity contribution is -0.0566. The molecule has 18 heavy (non-hydrogen) atoms. The molecule has 0 radical (unpaired) electrons. The topological polar surface area (TPSA) is 50.1 Å². The first-order valence-corrected chi connectivity index (χ1v) is 6.04. The van der Waals surface area contributed by atoms with Crippen molar-refractivity contribution in [3.05, 3.63) is 33.9 Å². The first-order chi connectivity index (χ1) is 8.43. The summed E-state index contributed by atoms with van der Waals surface area (Å²) in [6.45, 7) is 8.31. The van der Waals surface area contributed by atoms with Crippen LogP contribution < -0.4 is 0 Å². The molecule has 1 aromatic carbocycles. The Kier molecular flexibility index (Phi) is 3.00. The van der Waals surface area contributed by atoms with Gasteiger partial charge in [-0.3, -0.25) is 4.79 Å². The van der Waals surface area contributed by atoms with Crippen molar-refractivity contribution in [1.82, 2.24) is 0 Å². The summed E-state index contributed by atoms with van der Waals surface area (Å²) in [5.74, 6) is -0.0851. The fraction of sp³-hybridized carbons (Fsp3) is 0.467. The predicted octanol–water partition coefficient (Wildman–Crippen LogP) is 2.64. The number of Topliss-reactive ketones (excluding diaryl/α,β-unsaturated/α-hetero) is 1. The average molecular weight is 243 g/mol. The van der Waals surface area contributed by atoms with E-state index in [4.69, 9.17) is 4.74 Å². The molecule has 1 aromatic rings. The number of ether oxygens (including phenoxy) is 1. The number of carbonyl (C=O) groups excluding carboxylic acids is 1. The number of carbonyl (C=O) groups is 1. The lowest BCUT2D eigenvalue weighted by Crippen LogP contribution is -2.48. The maximum absolute atomic E-state index is 12.6. The van der Waals surface area contributed by atoms with Crippen molar-refractivity contribution in [2.75, 3.05) is 13.2 Å². The number of aryl methyl sites for hydroxylation is 2. The molecule has 1 fully saturated rings. The van der Waals surface area contributed by atoms with Crippen molar-refractivity contribution in [2.45, 2.75) is 27.7 Å². The minimum Gasteiger partial charge on any atom is -0.377 e. The zero-order chi connectivity index (χ0) is 13.5. The van der Waals surface area contributed by atoms with E-state index in [1.807, 2.05) is 27.7 Å². The van der Waals surface area contributed by atoms with E-state index in [2.05, 4.69) is 12.1 Å². The van der Waals surface area contributed by atoms with Crippen LogP contribution in [0, 0.1) is 44.4 Å². The highest BCUT2D eigenvalue weighted by atomic mass is 16.5. The fourth-order valence-electron chi connectivity index (χ4n) is 2.35. The van der Waals surface area contributed by atoms with Crippen molar-refractivity contribution >= 4 is 5.78 Å². The molecule has 0 N–H and O–H groups in total. The molecule has 0 bridgehead atoms. The Morgan fingerprint density at radius 1 is 1.22 bits per heavy atom. The Balaban J connectivity index is 2.59. The number of nitrogens with zero attached hydrogens (tertiary/aromatic N) is 1. The van der Waals surface area contributed by atoms with Crippen molar-refractivity contribution in [2.24, 2.45) is 5.41 Å². The van der Waals surface area contributed by atoms with Gasteiger partial charge in [0, 0.05) is 5.56 Å². The Hall–Kier alpha value is -1.66. The summed E-state index contributed by atoms with van der Waals surface area (Å²) < 4.78 is 5.07. The van der Waals surface area contributed by atoms with Crippen molar-refractivity contribution in [1.29, 1.82) is 5.26 Å². The van der Waals surface area contributed by atoms with Gasteiger partial charge in [0.2, 0.25) is 0 Å². The van der Waals surface area contributed by atoms with Gasteiger partial charge in [-0.1, -0.05) is 6.07 Å². The van der Waals surface area contributed by atoms with Crippen LogP contribution in [0.1, 0.15) is 32.6 Å². The lowest BCUT2D eigenvalue weighted by Gasteiger charge is -2.34. The van der Waals surface area contributed by atoms with Crippen LogP contribution in [-0.4, -0.2) is 19.0 Å². The van der Waals surface area contributed by atoms with Gasteiger partial charge in [-0.15, -0.1) is 0 Å². The van der Waals surface area contributed by atoms with E-state index in [0.29, 0.717) is 5.56 Å². The Labute approximate surface area is 107 Å². The summed E-state index contributed by atoms with van der Waals surface area (Å²) in [6.07, 6.45) is 0. The first-order valence-electron chi connectivity index (χ1n) is 6.04. The SMILES string of the molecule is Cc1cc(C)c(C)c(C(=O)C2(C#N)COC2)c1C.